The van der Waals surface area contributed by atoms with Crippen molar-refractivity contribution in [3.8, 4) is 0 Å². The molecule has 0 amide bonds. The Kier molecular flexibility index (Phi) is 3.79. The highest BCUT2D eigenvalue weighted by atomic mass is 19.4. The zero-order chi connectivity index (χ0) is 13.9. The van der Waals surface area contributed by atoms with Crippen molar-refractivity contribution < 1.29 is 13.2 Å². The van der Waals surface area contributed by atoms with Crippen molar-refractivity contribution >= 4 is 0 Å². The molecular weight excluding hydrogens is 259 g/mol. The number of tetrazole rings is 1. The fourth-order valence-electron chi connectivity index (χ4n) is 1.79. The fraction of sp³-hybridized carbons (Fsp3) is 0.364. The van der Waals surface area contributed by atoms with Crippen molar-refractivity contribution in [1.82, 2.24) is 20.2 Å². The molecule has 1 unspecified atom stereocenters. The second-order valence-corrected chi connectivity index (χ2v) is 3.97. The minimum atomic E-state index is -4.34. The van der Waals surface area contributed by atoms with Gasteiger partial charge in [-0.1, -0.05) is 12.1 Å². The number of nitrogens with zero attached hydrogens (tertiary/aromatic N) is 4. The van der Waals surface area contributed by atoms with Crippen molar-refractivity contribution in [2.75, 3.05) is 6.54 Å². The molecule has 0 aliphatic heterocycles. The van der Waals surface area contributed by atoms with Crippen LogP contribution in [0.25, 0.3) is 0 Å². The normalized spacial score (nSPS) is 13.5. The van der Waals surface area contributed by atoms with E-state index in [1.54, 1.807) is 0 Å². The Labute approximate surface area is 107 Å². The monoisotopic (exact) mass is 271 g/mol. The van der Waals surface area contributed by atoms with E-state index in [-0.39, 0.29) is 6.04 Å². The second kappa shape index (κ2) is 5.35. The Bertz CT molecular complexity index is 506. The number of aromatic nitrogens is 4. The minimum Gasteiger partial charge on any atom is -0.330 e. The van der Waals surface area contributed by atoms with Crippen LogP contribution in [-0.4, -0.2) is 26.8 Å². The van der Waals surface area contributed by atoms with E-state index in [1.807, 2.05) is 0 Å². The highest BCUT2D eigenvalue weighted by molar-refractivity contribution is 5.26. The summed E-state index contributed by atoms with van der Waals surface area (Å²) in [6, 6.07) is 4.58. The molecule has 1 atom stereocenters. The highest BCUT2D eigenvalue weighted by Crippen LogP contribution is 2.30. The fourth-order valence-corrected chi connectivity index (χ4v) is 1.79. The number of alkyl halides is 3. The third-order valence-corrected chi connectivity index (χ3v) is 2.71. The van der Waals surface area contributed by atoms with Crippen LogP contribution in [0.15, 0.2) is 30.6 Å². The molecule has 8 heteroatoms. The first-order chi connectivity index (χ1) is 9.02. The lowest BCUT2D eigenvalue weighted by Crippen LogP contribution is -2.18. The summed E-state index contributed by atoms with van der Waals surface area (Å²) >= 11 is 0. The van der Waals surface area contributed by atoms with Gasteiger partial charge in [0.15, 0.2) is 6.33 Å². The summed E-state index contributed by atoms with van der Waals surface area (Å²) in [6.45, 7) is 0.368. The third-order valence-electron chi connectivity index (χ3n) is 2.71. The van der Waals surface area contributed by atoms with Crippen LogP contribution in [0.3, 0.4) is 0 Å². The number of hydrogen-bond donors (Lipinski definition) is 1. The van der Waals surface area contributed by atoms with Gasteiger partial charge in [0.2, 0.25) is 0 Å². The number of benzene rings is 1. The van der Waals surface area contributed by atoms with Gasteiger partial charge in [-0.25, -0.2) is 0 Å². The summed E-state index contributed by atoms with van der Waals surface area (Å²) in [5.74, 6) is 0. The van der Waals surface area contributed by atoms with Gasteiger partial charge in [0.25, 0.3) is 0 Å². The number of nitrogens with two attached hydrogens (primary N) is 1. The van der Waals surface area contributed by atoms with Gasteiger partial charge in [-0.3, -0.25) is 0 Å². The number of rotatable bonds is 4. The van der Waals surface area contributed by atoms with Crippen LogP contribution in [0.2, 0.25) is 0 Å². The van der Waals surface area contributed by atoms with E-state index < -0.39 is 11.7 Å². The molecule has 0 spiro atoms. The van der Waals surface area contributed by atoms with E-state index >= 15 is 0 Å². The Hall–Kier alpha value is -1.96. The van der Waals surface area contributed by atoms with Crippen LogP contribution in [0.5, 0.6) is 0 Å². The van der Waals surface area contributed by atoms with Crippen molar-refractivity contribution in [3.05, 3.63) is 41.7 Å². The van der Waals surface area contributed by atoms with Crippen molar-refractivity contribution in [2.45, 2.75) is 18.6 Å². The summed E-state index contributed by atoms with van der Waals surface area (Å²) in [6.07, 6.45) is -2.55. The van der Waals surface area contributed by atoms with Crippen molar-refractivity contribution in [1.29, 1.82) is 0 Å². The van der Waals surface area contributed by atoms with Crippen LogP contribution >= 0.6 is 0 Å². The first kappa shape index (κ1) is 13.5. The highest BCUT2D eigenvalue weighted by Gasteiger charge is 2.30. The predicted molar refractivity (Wildman–Crippen MR) is 61.1 cm³/mol. The van der Waals surface area contributed by atoms with Crippen molar-refractivity contribution in [3.63, 3.8) is 0 Å². The zero-order valence-corrected chi connectivity index (χ0v) is 9.88. The topological polar surface area (TPSA) is 69.6 Å². The third kappa shape index (κ3) is 3.08. The van der Waals surface area contributed by atoms with Gasteiger partial charge in [0, 0.05) is 0 Å². The average molecular weight is 271 g/mol. The molecule has 19 heavy (non-hydrogen) atoms. The first-order valence-corrected chi connectivity index (χ1v) is 5.62. The Morgan fingerprint density at radius 3 is 2.37 bits per heavy atom. The molecule has 1 aromatic carbocycles. The SMILES string of the molecule is NCCC(c1ccc(C(F)(F)F)cc1)n1ncnn1. The molecule has 0 radical (unpaired) electrons. The molecule has 1 aromatic heterocycles. The van der Waals surface area contributed by atoms with Gasteiger partial charge in [-0.15, -0.1) is 10.2 Å². The van der Waals surface area contributed by atoms with Gasteiger partial charge in [-0.2, -0.15) is 18.0 Å². The van der Waals surface area contributed by atoms with Gasteiger partial charge in [0.1, 0.15) is 0 Å². The average Bonchev–Trinajstić information content (AvgIpc) is 2.89. The van der Waals surface area contributed by atoms with Crippen LogP contribution in [-0.2, 0) is 6.18 Å². The van der Waals surface area contributed by atoms with Crippen LogP contribution in [0, 0.1) is 0 Å². The standard InChI is InChI=1S/C11H12F3N5/c12-11(13,14)9-3-1-8(2-4-9)10(5-6-15)19-17-7-16-18-19/h1-4,7,10H,5-6,15H2. The first-order valence-electron chi connectivity index (χ1n) is 5.62. The molecule has 0 saturated carbocycles. The quantitative estimate of drug-likeness (QED) is 0.917. The van der Waals surface area contributed by atoms with E-state index in [1.165, 1.54) is 23.3 Å². The largest absolute Gasteiger partial charge is 0.416 e. The van der Waals surface area contributed by atoms with E-state index in [0.29, 0.717) is 18.5 Å². The molecule has 0 saturated heterocycles. The van der Waals surface area contributed by atoms with Crippen molar-refractivity contribution in [2.24, 2.45) is 5.73 Å². The van der Waals surface area contributed by atoms with Gasteiger partial charge >= 0.3 is 6.18 Å². The lowest BCUT2D eigenvalue weighted by Gasteiger charge is -2.16. The molecule has 102 valence electrons. The van der Waals surface area contributed by atoms with Crippen LogP contribution < -0.4 is 5.73 Å². The minimum absolute atomic E-state index is 0.310. The summed E-state index contributed by atoms with van der Waals surface area (Å²) < 4.78 is 37.4. The van der Waals surface area contributed by atoms with E-state index in [0.717, 1.165) is 12.1 Å². The molecule has 2 aromatic rings. The number of halogens is 3. The van der Waals surface area contributed by atoms with Gasteiger partial charge in [0.05, 0.1) is 11.6 Å². The van der Waals surface area contributed by atoms with E-state index in [4.69, 9.17) is 5.73 Å². The molecule has 0 bridgehead atoms. The van der Waals surface area contributed by atoms with Gasteiger partial charge in [-0.05, 0) is 35.9 Å². The predicted octanol–water partition coefficient (Wildman–Crippen LogP) is 1.63. The smallest absolute Gasteiger partial charge is 0.330 e. The maximum atomic E-state index is 12.5. The Morgan fingerprint density at radius 2 is 1.89 bits per heavy atom. The maximum absolute atomic E-state index is 12.5. The van der Waals surface area contributed by atoms with E-state index in [9.17, 15) is 13.2 Å². The lowest BCUT2D eigenvalue weighted by molar-refractivity contribution is -0.137. The molecular formula is C11H12F3N5. The molecule has 5 nitrogen and oxygen atoms in total. The number of hydrogen-bond acceptors (Lipinski definition) is 4. The molecule has 2 N–H and O–H groups in total. The molecule has 0 fully saturated rings. The molecule has 0 aliphatic carbocycles. The maximum Gasteiger partial charge on any atom is 0.416 e. The molecule has 1 heterocycles. The summed E-state index contributed by atoms with van der Waals surface area (Å²) in [4.78, 5) is 1.34. The molecule has 0 aliphatic rings. The molecule has 2 rings (SSSR count). The second-order valence-electron chi connectivity index (χ2n) is 3.97. The lowest BCUT2D eigenvalue weighted by atomic mass is 10.0. The van der Waals surface area contributed by atoms with E-state index in [2.05, 4.69) is 15.4 Å². The van der Waals surface area contributed by atoms with Crippen LogP contribution in [0.4, 0.5) is 13.2 Å². The summed E-state index contributed by atoms with van der Waals surface area (Å²) in [7, 11) is 0. The summed E-state index contributed by atoms with van der Waals surface area (Å²) in [5.41, 5.74) is 5.48. The van der Waals surface area contributed by atoms with Gasteiger partial charge < -0.3 is 5.73 Å². The summed E-state index contributed by atoms with van der Waals surface area (Å²) in [5, 5.41) is 11.2. The Morgan fingerprint density at radius 1 is 1.21 bits per heavy atom. The zero-order valence-electron chi connectivity index (χ0n) is 9.88. The Balaban J connectivity index is 2.28. The van der Waals surface area contributed by atoms with Crippen LogP contribution in [0.1, 0.15) is 23.6 Å².